The first-order valence-corrected chi connectivity index (χ1v) is 12.8. The second-order valence-electron chi connectivity index (χ2n) is 10.6. The van der Waals surface area contributed by atoms with Crippen molar-refractivity contribution in [3.05, 3.63) is 65.7 Å². The number of phenolic OH excluding ortho intramolecular Hbond substituents is 2. The average Bonchev–Trinajstić information content (AvgIpc) is 3.67. The number of likely N-dealkylation sites (tertiary alicyclic amines) is 1. The summed E-state index contributed by atoms with van der Waals surface area (Å²) < 4.78 is 6.41. The largest absolute Gasteiger partial charge is 0.508 e. The Bertz CT molecular complexity index is 1100. The number of benzene rings is 2. The number of amides is 1. The number of methoxy groups -OCH3 is 1. The molecule has 0 spiro atoms. The lowest BCUT2D eigenvalue weighted by molar-refractivity contribution is -0.150. The molecule has 1 saturated heterocycles. The minimum Gasteiger partial charge on any atom is -0.508 e. The number of nitrogens with one attached hydrogen (secondary N) is 1. The number of fused-ring (bicyclic) bond motifs is 1. The van der Waals surface area contributed by atoms with E-state index in [4.69, 9.17) is 4.74 Å². The topological polar surface area (TPSA) is 82.0 Å². The van der Waals surface area contributed by atoms with Crippen molar-refractivity contribution in [2.45, 2.75) is 55.6 Å². The van der Waals surface area contributed by atoms with Gasteiger partial charge in [0.2, 0.25) is 5.91 Å². The summed E-state index contributed by atoms with van der Waals surface area (Å²) >= 11 is 0. The summed E-state index contributed by atoms with van der Waals surface area (Å²) in [5, 5.41) is 23.2. The van der Waals surface area contributed by atoms with E-state index in [1.807, 2.05) is 25.3 Å². The SMILES string of the molecule is COC12CCC(NC(=O)C=Cc3cccc(O)c3)CC1(c1cccc(O)c1)CCN(CC1CC1)C2. The first-order valence-electron chi connectivity index (χ1n) is 12.8. The number of carbonyl (C=O) groups is 1. The lowest BCUT2D eigenvalue weighted by atomic mass is 9.55. The quantitative estimate of drug-likeness (QED) is 0.522. The van der Waals surface area contributed by atoms with Crippen LogP contribution < -0.4 is 5.32 Å². The third kappa shape index (κ3) is 4.95. The van der Waals surface area contributed by atoms with Gasteiger partial charge in [-0.05, 0) is 92.5 Å². The highest BCUT2D eigenvalue weighted by atomic mass is 16.5. The molecule has 6 nitrogen and oxygen atoms in total. The Kier molecular flexibility index (Phi) is 6.60. The van der Waals surface area contributed by atoms with E-state index in [0.717, 1.165) is 62.4 Å². The van der Waals surface area contributed by atoms with Crippen LogP contribution in [0.1, 0.15) is 49.7 Å². The third-order valence-corrected chi connectivity index (χ3v) is 8.34. The number of phenols is 2. The smallest absolute Gasteiger partial charge is 0.244 e. The van der Waals surface area contributed by atoms with Crippen LogP contribution in [-0.2, 0) is 14.9 Å². The lowest BCUT2D eigenvalue weighted by Crippen LogP contribution is -2.68. The Balaban J connectivity index is 1.37. The van der Waals surface area contributed by atoms with Gasteiger partial charge in [-0.15, -0.1) is 0 Å². The molecule has 1 amide bonds. The van der Waals surface area contributed by atoms with Gasteiger partial charge in [0.15, 0.2) is 0 Å². The van der Waals surface area contributed by atoms with Crippen LogP contribution in [0, 0.1) is 5.92 Å². The van der Waals surface area contributed by atoms with E-state index in [0.29, 0.717) is 0 Å². The van der Waals surface area contributed by atoms with Crippen LogP contribution in [0.2, 0.25) is 0 Å². The van der Waals surface area contributed by atoms with Crippen LogP contribution in [0.4, 0.5) is 0 Å². The van der Waals surface area contributed by atoms with Gasteiger partial charge in [0, 0.05) is 37.7 Å². The highest BCUT2D eigenvalue weighted by molar-refractivity contribution is 5.92. The van der Waals surface area contributed by atoms with Gasteiger partial charge in [0.25, 0.3) is 0 Å². The zero-order chi connectivity index (χ0) is 24.5. The maximum absolute atomic E-state index is 12.8. The second kappa shape index (κ2) is 9.67. The average molecular weight is 477 g/mol. The van der Waals surface area contributed by atoms with Crippen molar-refractivity contribution < 1.29 is 19.7 Å². The molecule has 3 fully saturated rings. The van der Waals surface area contributed by atoms with E-state index in [1.54, 1.807) is 30.3 Å². The molecule has 35 heavy (non-hydrogen) atoms. The predicted molar refractivity (Wildman–Crippen MR) is 136 cm³/mol. The predicted octanol–water partition coefficient (Wildman–Crippen LogP) is 4.22. The molecule has 0 aromatic heterocycles. The maximum atomic E-state index is 12.8. The summed E-state index contributed by atoms with van der Waals surface area (Å²) in [6.45, 7) is 3.02. The molecule has 3 atom stereocenters. The van der Waals surface area contributed by atoms with Gasteiger partial charge in [0.05, 0.1) is 5.60 Å². The molecule has 2 saturated carbocycles. The molecular weight excluding hydrogens is 440 g/mol. The molecule has 2 aromatic carbocycles. The third-order valence-electron chi connectivity index (χ3n) is 8.34. The first-order chi connectivity index (χ1) is 16.9. The normalized spacial score (nSPS) is 29.1. The number of carbonyl (C=O) groups excluding carboxylic acids is 1. The highest BCUT2D eigenvalue weighted by Crippen LogP contribution is 2.54. The van der Waals surface area contributed by atoms with Crippen LogP contribution in [-0.4, -0.2) is 59.4 Å². The van der Waals surface area contributed by atoms with E-state index in [-0.39, 0.29) is 34.5 Å². The molecule has 186 valence electrons. The van der Waals surface area contributed by atoms with Crippen molar-refractivity contribution in [2.75, 3.05) is 26.7 Å². The van der Waals surface area contributed by atoms with Crippen LogP contribution in [0.15, 0.2) is 54.6 Å². The highest BCUT2D eigenvalue weighted by Gasteiger charge is 2.59. The molecule has 3 N–H and O–H groups in total. The number of aromatic hydroxyl groups is 2. The zero-order valence-corrected chi connectivity index (χ0v) is 20.5. The molecular formula is C29H36N2O4. The Morgan fingerprint density at radius 1 is 1.11 bits per heavy atom. The van der Waals surface area contributed by atoms with Crippen molar-refractivity contribution in [3.63, 3.8) is 0 Å². The van der Waals surface area contributed by atoms with Crippen LogP contribution in [0.5, 0.6) is 11.5 Å². The summed E-state index contributed by atoms with van der Waals surface area (Å²) in [7, 11) is 1.83. The molecule has 2 aromatic rings. The standard InChI is InChI=1S/C29H36N2O4/c1-35-29-13-12-24(30-27(34)11-10-21-4-2-6-25(32)16-21)18-28(29,23-5-3-7-26(33)17-23)14-15-31(20-29)19-22-8-9-22/h2-7,10-11,16-17,22,24,32-33H,8-9,12-15,18-20H2,1H3,(H,30,34). The molecule has 5 rings (SSSR count). The Labute approximate surface area is 207 Å². The summed E-state index contributed by atoms with van der Waals surface area (Å²) in [4.78, 5) is 15.4. The number of hydrogen-bond donors (Lipinski definition) is 3. The Morgan fingerprint density at radius 2 is 1.89 bits per heavy atom. The number of piperidine rings is 1. The number of nitrogens with zero attached hydrogens (tertiary/aromatic N) is 1. The number of hydrogen-bond acceptors (Lipinski definition) is 5. The molecule has 3 aliphatic rings. The summed E-state index contributed by atoms with van der Waals surface area (Å²) in [6.07, 6.45) is 9.32. The van der Waals surface area contributed by atoms with E-state index in [1.165, 1.54) is 18.9 Å². The van der Waals surface area contributed by atoms with Gasteiger partial charge < -0.3 is 25.2 Å². The zero-order valence-electron chi connectivity index (χ0n) is 20.5. The van der Waals surface area contributed by atoms with Gasteiger partial charge in [-0.25, -0.2) is 0 Å². The first kappa shape index (κ1) is 23.9. The minimum atomic E-state index is -0.355. The minimum absolute atomic E-state index is 0.0110. The maximum Gasteiger partial charge on any atom is 0.244 e. The van der Waals surface area contributed by atoms with Crippen molar-refractivity contribution in [3.8, 4) is 11.5 Å². The van der Waals surface area contributed by atoms with Gasteiger partial charge >= 0.3 is 0 Å². The fraction of sp³-hybridized carbons (Fsp3) is 0.483. The molecule has 0 radical (unpaired) electrons. The summed E-state index contributed by atoms with van der Waals surface area (Å²) in [5.74, 6) is 1.13. The monoisotopic (exact) mass is 476 g/mol. The van der Waals surface area contributed by atoms with Gasteiger partial charge in [0.1, 0.15) is 11.5 Å². The number of ether oxygens (including phenoxy) is 1. The van der Waals surface area contributed by atoms with E-state index >= 15 is 0 Å². The van der Waals surface area contributed by atoms with Crippen LogP contribution in [0.25, 0.3) is 6.08 Å². The number of rotatable bonds is 7. The molecule has 1 heterocycles. The van der Waals surface area contributed by atoms with Gasteiger partial charge in [-0.1, -0.05) is 24.3 Å². The van der Waals surface area contributed by atoms with Gasteiger partial charge in [-0.3, -0.25) is 4.79 Å². The van der Waals surface area contributed by atoms with Gasteiger partial charge in [-0.2, -0.15) is 0 Å². The molecule has 3 unspecified atom stereocenters. The van der Waals surface area contributed by atoms with E-state index in [9.17, 15) is 15.0 Å². The van der Waals surface area contributed by atoms with Crippen LogP contribution in [0.3, 0.4) is 0 Å². The van der Waals surface area contributed by atoms with Crippen molar-refractivity contribution >= 4 is 12.0 Å². The lowest BCUT2D eigenvalue weighted by Gasteiger charge is -2.60. The second-order valence-corrected chi connectivity index (χ2v) is 10.6. The Hall–Kier alpha value is -2.83. The molecule has 6 heteroatoms. The van der Waals surface area contributed by atoms with Crippen molar-refractivity contribution in [1.29, 1.82) is 0 Å². The van der Waals surface area contributed by atoms with E-state index < -0.39 is 0 Å². The van der Waals surface area contributed by atoms with Crippen molar-refractivity contribution in [1.82, 2.24) is 10.2 Å². The Morgan fingerprint density at radius 3 is 2.60 bits per heavy atom. The molecule has 0 bridgehead atoms. The fourth-order valence-electron chi connectivity index (χ4n) is 6.39. The van der Waals surface area contributed by atoms with Crippen molar-refractivity contribution in [2.24, 2.45) is 5.92 Å². The summed E-state index contributed by atoms with van der Waals surface area (Å²) in [5.41, 5.74) is 1.24. The molecule has 1 aliphatic heterocycles. The molecule has 2 aliphatic carbocycles. The van der Waals surface area contributed by atoms with E-state index in [2.05, 4.69) is 16.3 Å². The fourth-order valence-corrected chi connectivity index (χ4v) is 6.39. The summed E-state index contributed by atoms with van der Waals surface area (Å²) in [6, 6.07) is 14.5. The van der Waals surface area contributed by atoms with Crippen LogP contribution >= 0.6 is 0 Å².